The molecule has 2 N–H and O–H groups in total. The molecule has 3 nitrogen and oxygen atoms in total. The van der Waals surface area contributed by atoms with Gasteiger partial charge in [0.15, 0.2) is 0 Å². The first-order valence-corrected chi connectivity index (χ1v) is 5.46. The monoisotopic (exact) mass is 231 g/mol. The number of hydrogen-bond donors (Lipinski definition) is 1. The fourth-order valence-corrected chi connectivity index (χ4v) is 4.64. The molecule has 4 aliphatic rings. The van der Waals surface area contributed by atoms with E-state index < -0.39 is 0 Å². The Hall–Kier alpha value is -0.280. The molecule has 4 heteroatoms. The molecule has 0 heterocycles. The zero-order valence-corrected chi connectivity index (χ0v) is 9.81. The van der Waals surface area contributed by atoms with Gasteiger partial charge in [0, 0.05) is 0 Å². The quantitative estimate of drug-likeness (QED) is 0.730. The zero-order chi connectivity index (χ0) is 9.97. The lowest BCUT2D eigenvalue weighted by Gasteiger charge is -2.37. The molecule has 0 saturated heterocycles. The number of carbonyl (C=O) groups excluding carboxylic acids is 1. The van der Waals surface area contributed by atoms with Gasteiger partial charge >= 0.3 is 5.97 Å². The summed E-state index contributed by atoms with van der Waals surface area (Å²) in [5.41, 5.74) is 5.81. The van der Waals surface area contributed by atoms with Crippen molar-refractivity contribution in [2.45, 2.75) is 25.7 Å². The van der Waals surface area contributed by atoms with Gasteiger partial charge in [-0.2, -0.15) is 0 Å². The van der Waals surface area contributed by atoms with Gasteiger partial charge in [0.1, 0.15) is 0 Å². The molecule has 0 radical (unpaired) electrons. The van der Waals surface area contributed by atoms with Crippen molar-refractivity contribution in [2.75, 3.05) is 13.7 Å². The fraction of sp³-hybridized carbons (Fsp3) is 0.909. The predicted octanol–water partition coefficient (Wildman–Crippen LogP) is 1.35. The van der Waals surface area contributed by atoms with Crippen LogP contribution in [0.15, 0.2) is 0 Å². The number of esters is 1. The molecule has 0 aliphatic heterocycles. The number of halogens is 1. The van der Waals surface area contributed by atoms with Gasteiger partial charge < -0.3 is 10.5 Å². The van der Waals surface area contributed by atoms with E-state index in [1.54, 1.807) is 0 Å². The van der Waals surface area contributed by atoms with Crippen LogP contribution in [0.3, 0.4) is 0 Å². The van der Waals surface area contributed by atoms with Gasteiger partial charge in [0.2, 0.25) is 0 Å². The Kier molecular flexibility index (Phi) is 2.32. The lowest BCUT2D eigenvalue weighted by atomic mass is 9.68. The van der Waals surface area contributed by atoms with E-state index in [-0.39, 0.29) is 29.2 Å². The van der Waals surface area contributed by atoms with Crippen molar-refractivity contribution in [2.24, 2.45) is 28.4 Å². The molecule has 86 valence electrons. The maximum atomic E-state index is 11.9. The van der Waals surface area contributed by atoms with Gasteiger partial charge in [-0.15, -0.1) is 12.4 Å². The third-order valence-electron chi connectivity index (χ3n) is 5.18. The van der Waals surface area contributed by atoms with E-state index in [9.17, 15) is 4.79 Å². The van der Waals surface area contributed by atoms with Crippen LogP contribution < -0.4 is 5.73 Å². The van der Waals surface area contributed by atoms with Crippen molar-refractivity contribution in [3.63, 3.8) is 0 Å². The minimum atomic E-state index is -0.189. The highest BCUT2D eigenvalue weighted by Gasteiger charge is 2.74. The molecule has 2 unspecified atom stereocenters. The first kappa shape index (κ1) is 11.2. The van der Waals surface area contributed by atoms with Crippen LogP contribution in [-0.2, 0) is 9.53 Å². The molecule has 2 atom stereocenters. The van der Waals surface area contributed by atoms with Crippen LogP contribution >= 0.6 is 12.4 Å². The van der Waals surface area contributed by atoms with Gasteiger partial charge in [0.05, 0.1) is 12.5 Å². The Morgan fingerprint density at radius 3 is 2.27 bits per heavy atom. The summed E-state index contributed by atoms with van der Waals surface area (Å²) in [7, 11) is 1.50. The largest absolute Gasteiger partial charge is 0.469 e. The van der Waals surface area contributed by atoms with Crippen LogP contribution in [0.1, 0.15) is 25.7 Å². The van der Waals surface area contributed by atoms with Crippen molar-refractivity contribution in [1.82, 2.24) is 0 Å². The Balaban J connectivity index is 0.000000853. The lowest BCUT2D eigenvalue weighted by molar-refractivity contribution is -0.157. The van der Waals surface area contributed by atoms with E-state index in [0.717, 1.165) is 24.7 Å². The highest BCUT2D eigenvalue weighted by atomic mass is 35.5. The molecular weight excluding hydrogens is 214 g/mol. The molecule has 4 fully saturated rings. The van der Waals surface area contributed by atoms with Gasteiger partial charge in [-0.05, 0) is 49.5 Å². The van der Waals surface area contributed by atoms with Crippen molar-refractivity contribution in [1.29, 1.82) is 0 Å². The van der Waals surface area contributed by atoms with Crippen LogP contribution in [0, 0.1) is 22.7 Å². The Morgan fingerprint density at radius 1 is 1.33 bits per heavy atom. The van der Waals surface area contributed by atoms with Crippen LogP contribution in [0.2, 0.25) is 0 Å². The maximum Gasteiger partial charge on any atom is 0.312 e. The predicted molar refractivity (Wildman–Crippen MR) is 58.6 cm³/mol. The minimum absolute atomic E-state index is 0. The van der Waals surface area contributed by atoms with E-state index in [1.165, 1.54) is 20.0 Å². The first-order chi connectivity index (χ1) is 6.67. The second kappa shape index (κ2) is 3.11. The average molecular weight is 232 g/mol. The number of carbonyl (C=O) groups is 1. The smallest absolute Gasteiger partial charge is 0.312 e. The third kappa shape index (κ3) is 0.986. The van der Waals surface area contributed by atoms with E-state index in [1.807, 2.05) is 0 Å². The molecule has 0 spiro atoms. The lowest BCUT2D eigenvalue weighted by Crippen LogP contribution is -2.44. The van der Waals surface area contributed by atoms with Crippen molar-refractivity contribution >= 4 is 18.4 Å². The number of ether oxygens (including phenoxy) is 1. The highest BCUT2D eigenvalue weighted by Crippen LogP contribution is 2.76. The minimum Gasteiger partial charge on any atom is -0.469 e. The summed E-state index contributed by atoms with van der Waals surface area (Å²) < 4.78 is 4.98. The summed E-state index contributed by atoms with van der Waals surface area (Å²) in [4.78, 5) is 11.9. The summed E-state index contributed by atoms with van der Waals surface area (Å²) >= 11 is 0. The zero-order valence-electron chi connectivity index (χ0n) is 8.99. The van der Waals surface area contributed by atoms with Crippen LogP contribution in [0.25, 0.3) is 0 Å². The molecule has 4 saturated carbocycles. The molecule has 4 aliphatic carbocycles. The van der Waals surface area contributed by atoms with Crippen LogP contribution in [0.4, 0.5) is 0 Å². The number of nitrogens with two attached hydrogens (primary N) is 1. The molecule has 4 rings (SSSR count). The Labute approximate surface area is 96.1 Å². The molecule has 15 heavy (non-hydrogen) atoms. The van der Waals surface area contributed by atoms with Gasteiger partial charge in [0.25, 0.3) is 0 Å². The van der Waals surface area contributed by atoms with E-state index >= 15 is 0 Å². The summed E-state index contributed by atoms with van der Waals surface area (Å²) in [6, 6.07) is 0. The third-order valence-corrected chi connectivity index (χ3v) is 5.18. The molecule has 0 aromatic rings. The summed E-state index contributed by atoms with van der Waals surface area (Å²) in [6.45, 7) is 0.662. The van der Waals surface area contributed by atoms with Gasteiger partial charge in [-0.25, -0.2) is 0 Å². The van der Waals surface area contributed by atoms with Crippen LogP contribution in [-0.4, -0.2) is 19.6 Å². The SMILES string of the molecule is COC(=O)C12CC3CC1(CN)CC3C2.Cl. The van der Waals surface area contributed by atoms with Gasteiger partial charge in [-0.1, -0.05) is 0 Å². The second-order valence-electron chi connectivity index (χ2n) is 5.39. The summed E-state index contributed by atoms with van der Waals surface area (Å²) in [5.74, 6) is 1.53. The standard InChI is InChI=1S/C11H17NO2.ClH/c1-14-9(13)11-4-7-2-10(11,6-12)3-8(7)5-11;/h7-8H,2-6,12H2,1H3;1H. The average Bonchev–Trinajstić information content (AvgIpc) is 2.85. The van der Waals surface area contributed by atoms with Crippen molar-refractivity contribution in [3.05, 3.63) is 0 Å². The Bertz CT molecular complexity index is 291. The van der Waals surface area contributed by atoms with E-state index in [4.69, 9.17) is 10.5 Å². The normalized spacial score (nSPS) is 49.5. The molecule has 4 bridgehead atoms. The molecule has 0 amide bonds. The van der Waals surface area contributed by atoms with Crippen LogP contribution in [0.5, 0.6) is 0 Å². The second-order valence-corrected chi connectivity index (χ2v) is 5.39. The maximum absolute atomic E-state index is 11.9. The number of methoxy groups -OCH3 is 1. The first-order valence-electron chi connectivity index (χ1n) is 5.46. The summed E-state index contributed by atoms with van der Waals surface area (Å²) in [5, 5.41) is 0. The topological polar surface area (TPSA) is 52.3 Å². The number of rotatable bonds is 2. The summed E-state index contributed by atoms with van der Waals surface area (Å²) in [6.07, 6.45) is 4.43. The fourth-order valence-electron chi connectivity index (χ4n) is 4.64. The van der Waals surface area contributed by atoms with Crippen molar-refractivity contribution in [3.8, 4) is 0 Å². The number of hydrogen-bond acceptors (Lipinski definition) is 3. The van der Waals surface area contributed by atoms with Crippen molar-refractivity contribution < 1.29 is 9.53 Å². The molecular formula is C11H18ClNO2. The highest BCUT2D eigenvalue weighted by molar-refractivity contribution is 5.85. The van der Waals surface area contributed by atoms with Gasteiger partial charge in [-0.3, -0.25) is 4.79 Å². The molecule has 0 aromatic carbocycles. The molecule has 0 aromatic heterocycles. The Morgan fingerprint density at radius 2 is 1.87 bits per heavy atom. The van der Waals surface area contributed by atoms with E-state index in [0.29, 0.717) is 6.54 Å². The van der Waals surface area contributed by atoms with E-state index in [2.05, 4.69) is 0 Å².